The molecule has 0 aliphatic carbocycles. The number of nitrogens with one attached hydrogen (secondary N) is 2. The summed E-state index contributed by atoms with van der Waals surface area (Å²) in [5.74, 6) is -0.442. The van der Waals surface area contributed by atoms with Gasteiger partial charge in [-0.3, -0.25) is 23.7 Å². The third kappa shape index (κ3) is 6.95. The van der Waals surface area contributed by atoms with E-state index in [9.17, 15) is 24.1 Å². The lowest BCUT2D eigenvalue weighted by atomic mass is 10.1. The van der Waals surface area contributed by atoms with Crippen molar-refractivity contribution in [1.82, 2.24) is 14.6 Å². The van der Waals surface area contributed by atoms with E-state index in [0.717, 1.165) is 16.0 Å². The van der Waals surface area contributed by atoms with Gasteiger partial charge in [0, 0.05) is 24.8 Å². The van der Waals surface area contributed by atoms with Gasteiger partial charge in [0.2, 0.25) is 0 Å². The summed E-state index contributed by atoms with van der Waals surface area (Å²) in [5.41, 5.74) is -1.37. The van der Waals surface area contributed by atoms with E-state index in [1.807, 2.05) is 18.2 Å². The van der Waals surface area contributed by atoms with E-state index in [1.54, 1.807) is 38.1 Å². The maximum absolute atomic E-state index is 14.3. The first-order chi connectivity index (χ1) is 19.4. The first-order valence-electron chi connectivity index (χ1n) is 13.0. The molecule has 0 radical (unpaired) electrons. The number of rotatable bonds is 11. The Kier molecular flexibility index (Phi) is 9.48. The van der Waals surface area contributed by atoms with Crippen LogP contribution in [-0.4, -0.2) is 64.3 Å². The number of nitrogens with zero attached hydrogens (tertiary/aromatic N) is 1. The number of esters is 1. The van der Waals surface area contributed by atoms with E-state index in [-0.39, 0.29) is 5.75 Å². The fraction of sp³-hybridized carbons (Fsp3) is 0.444. The van der Waals surface area contributed by atoms with Gasteiger partial charge in [0.05, 0.1) is 12.2 Å². The maximum atomic E-state index is 14.3. The fourth-order valence-corrected chi connectivity index (χ4v) is 6.27. The van der Waals surface area contributed by atoms with Crippen molar-refractivity contribution in [3.8, 4) is 5.75 Å². The summed E-state index contributed by atoms with van der Waals surface area (Å²) < 4.78 is 43.8. The van der Waals surface area contributed by atoms with Gasteiger partial charge < -0.3 is 23.8 Å². The first-order valence-corrected chi connectivity index (χ1v) is 14.6. The number of ether oxygens (including phenoxy) is 3. The molecule has 1 aliphatic rings. The molecule has 2 unspecified atom stereocenters. The Hall–Kier alpha value is -3.32. The Morgan fingerprint density at radius 3 is 2.49 bits per heavy atom. The zero-order valence-corrected chi connectivity index (χ0v) is 24.1. The lowest BCUT2D eigenvalue weighted by Crippen LogP contribution is -2.42. The number of carbonyl (C=O) groups excluding carboxylic acids is 1. The molecule has 222 valence electrons. The number of aliphatic hydroxyl groups is 1. The van der Waals surface area contributed by atoms with Crippen molar-refractivity contribution in [2.75, 3.05) is 7.11 Å². The lowest BCUT2D eigenvalue weighted by molar-refractivity contribution is -0.149. The summed E-state index contributed by atoms with van der Waals surface area (Å²) in [5, 5.41) is 15.2. The fourth-order valence-electron chi connectivity index (χ4n) is 4.56. The molecule has 2 heterocycles. The number of methoxy groups -OCH3 is 1. The van der Waals surface area contributed by atoms with Crippen molar-refractivity contribution in [2.24, 2.45) is 0 Å². The number of benzene rings is 2. The van der Waals surface area contributed by atoms with Crippen molar-refractivity contribution in [3.63, 3.8) is 0 Å². The van der Waals surface area contributed by atoms with Crippen LogP contribution < -0.4 is 20.9 Å². The molecular formula is C27H34N3O10P. The van der Waals surface area contributed by atoms with Gasteiger partial charge in [0.15, 0.2) is 6.23 Å². The quantitative estimate of drug-likeness (QED) is 0.221. The number of hydrogen-bond donors (Lipinski definition) is 3. The van der Waals surface area contributed by atoms with E-state index < -0.39 is 67.8 Å². The van der Waals surface area contributed by atoms with Gasteiger partial charge in [0.25, 0.3) is 5.56 Å². The predicted octanol–water partition coefficient (Wildman–Crippen LogP) is 2.48. The molecule has 7 atom stereocenters. The standard InChI is InChI=1S/C27H34N3O10P/c1-15(2)37-26(33)16(3)29-41(35,40-20-12-8-10-18-9-6-7-11-19(18)20)39-17(4)23-22(32)24(36-5)25(38-23)30-14-13-21(31)28-27(30)34/h6-17,22-25,32H,1-5H3,(H,29,35)(H,28,31,34)/t16-,17?,22+,23+,24+,25+,41?/m0/s1. The largest absolute Gasteiger partial charge is 0.462 e. The summed E-state index contributed by atoms with van der Waals surface area (Å²) in [7, 11) is -3.04. The van der Waals surface area contributed by atoms with Gasteiger partial charge in [-0.05, 0) is 39.1 Å². The van der Waals surface area contributed by atoms with Crippen LogP contribution in [0.4, 0.5) is 0 Å². The third-order valence-electron chi connectivity index (χ3n) is 6.44. The van der Waals surface area contributed by atoms with Crippen molar-refractivity contribution in [2.45, 2.75) is 70.5 Å². The molecule has 3 aromatic rings. The number of aromatic nitrogens is 2. The Morgan fingerprint density at radius 2 is 1.80 bits per heavy atom. The van der Waals surface area contributed by atoms with Gasteiger partial charge in [-0.25, -0.2) is 9.36 Å². The number of H-pyrrole nitrogens is 1. The zero-order chi connectivity index (χ0) is 29.9. The summed E-state index contributed by atoms with van der Waals surface area (Å²) in [6.07, 6.45) is -4.99. The van der Waals surface area contributed by atoms with Crippen molar-refractivity contribution < 1.29 is 37.7 Å². The lowest BCUT2D eigenvalue weighted by Gasteiger charge is -2.29. The summed E-state index contributed by atoms with van der Waals surface area (Å²) >= 11 is 0. The number of aliphatic hydroxyl groups excluding tert-OH is 1. The summed E-state index contributed by atoms with van der Waals surface area (Å²) in [6, 6.07) is 12.5. The van der Waals surface area contributed by atoms with Crippen LogP contribution in [0.5, 0.6) is 5.75 Å². The number of aromatic amines is 1. The molecule has 0 spiro atoms. The molecule has 14 heteroatoms. The maximum Gasteiger partial charge on any atom is 0.459 e. The molecule has 1 fully saturated rings. The molecule has 41 heavy (non-hydrogen) atoms. The van der Waals surface area contributed by atoms with Crippen LogP contribution in [0, 0.1) is 0 Å². The molecule has 1 aliphatic heterocycles. The van der Waals surface area contributed by atoms with E-state index in [2.05, 4.69) is 10.1 Å². The zero-order valence-electron chi connectivity index (χ0n) is 23.3. The Balaban J connectivity index is 1.63. The highest BCUT2D eigenvalue weighted by Gasteiger charge is 2.50. The van der Waals surface area contributed by atoms with Crippen LogP contribution in [0.25, 0.3) is 10.8 Å². The Bertz CT molecular complexity index is 1530. The molecule has 13 nitrogen and oxygen atoms in total. The smallest absolute Gasteiger partial charge is 0.459 e. The summed E-state index contributed by atoms with van der Waals surface area (Å²) in [6.45, 7) is 6.32. The normalized spacial score (nSPS) is 23.7. The minimum atomic E-state index is -4.37. The van der Waals surface area contributed by atoms with E-state index in [0.29, 0.717) is 5.39 Å². The van der Waals surface area contributed by atoms with Gasteiger partial charge in [0.1, 0.15) is 30.1 Å². The van der Waals surface area contributed by atoms with Gasteiger partial charge in [-0.15, -0.1) is 0 Å². The summed E-state index contributed by atoms with van der Waals surface area (Å²) in [4.78, 5) is 38.6. The van der Waals surface area contributed by atoms with E-state index in [4.69, 9.17) is 23.3 Å². The molecular weight excluding hydrogens is 557 g/mol. The van der Waals surface area contributed by atoms with Crippen LogP contribution in [-0.2, 0) is 28.1 Å². The molecule has 2 aromatic carbocycles. The number of hydrogen-bond acceptors (Lipinski definition) is 10. The minimum Gasteiger partial charge on any atom is -0.462 e. The van der Waals surface area contributed by atoms with Crippen LogP contribution in [0.3, 0.4) is 0 Å². The van der Waals surface area contributed by atoms with E-state index >= 15 is 0 Å². The molecule has 0 amide bonds. The highest BCUT2D eigenvalue weighted by molar-refractivity contribution is 7.52. The molecule has 0 bridgehead atoms. The van der Waals surface area contributed by atoms with Gasteiger partial charge >= 0.3 is 19.4 Å². The predicted molar refractivity (Wildman–Crippen MR) is 149 cm³/mol. The van der Waals surface area contributed by atoms with Crippen LogP contribution in [0.2, 0.25) is 0 Å². The Labute approximate surface area is 235 Å². The van der Waals surface area contributed by atoms with Crippen molar-refractivity contribution in [1.29, 1.82) is 0 Å². The van der Waals surface area contributed by atoms with E-state index in [1.165, 1.54) is 27.2 Å². The van der Waals surface area contributed by atoms with Gasteiger partial charge in [-0.1, -0.05) is 36.4 Å². The second-order valence-electron chi connectivity index (χ2n) is 9.91. The topological polar surface area (TPSA) is 167 Å². The second kappa shape index (κ2) is 12.7. The molecule has 4 rings (SSSR count). The highest BCUT2D eigenvalue weighted by Crippen LogP contribution is 2.49. The first kappa shape index (κ1) is 30.6. The van der Waals surface area contributed by atoms with Crippen molar-refractivity contribution in [3.05, 3.63) is 75.6 Å². The molecule has 1 saturated heterocycles. The Morgan fingerprint density at radius 1 is 1.10 bits per heavy atom. The van der Waals surface area contributed by atoms with Crippen LogP contribution >= 0.6 is 7.75 Å². The molecule has 3 N–H and O–H groups in total. The van der Waals surface area contributed by atoms with Crippen molar-refractivity contribution >= 4 is 24.5 Å². The monoisotopic (exact) mass is 591 g/mol. The highest BCUT2D eigenvalue weighted by atomic mass is 31.2. The third-order valence-corrected chi connectivity index (χ3v) is 8.19. The SMILES string of the molecule is CO[C@@H]1[C@H](O)[C@@H](C(C)OP(=O)(N[C@@H](C)C(=O)OC(C)C)Oc2cccc3ccccc23)O[C@H]1n1ccc(=O)[nH]c1=O. The molecule has 1 aromatic heterocycles. The second-order valence-corrected chi connectivity index (χ2v) is 11.6. The van der Waals surface area contributed by atoms with Crippen LogP contribution in [0.15, 0.2) is 64.3 Å². The average Bonchev–Trinajstić information content (AvgIpc) is 3.24. The minimum absolute atomic E-state index is 0.232. The average molecular weight is 592 g/mol. The number of carbonyl (C=O) groups is 1. The van der Waals surface area contributed by atoms with Gasteiger partial charge in [-0.2, -0.15) is 5.09 Å². The molecule has 0 saturated carbocycles. The van der Waals surface area contributed by atoms with Crippen LogP contribution in [0.1, 0.15) is 33.9 Å². The number of fused-ring (bicyclic) bond motifs is 1.